The first-order valence-electron chi connectivity index (χ1n) is 14.8. The molecule has 42 heavy (non-hydrogen) atoms. The average molecular weight is 559 g/mol. The van der Waals surface area contributed by atoms with E-state index in [1.165, 1.54) is 66.0 Å². The number of hydrogen-bond donors (Lipinski definition) is 0. The van der Waals surface area contributed by atoms with Gasteiger partial charge in [-0.25, -0.2) is 0 Å². The zero-order chi connectivity index (χ0) is 28.0. The smallest absolute Gasteiger partial charge is 0.0643 e. The molecule has 3 heterocycles. The van der Waals surface area contributed by atoms with E-state index >= 15 is 0 Å². The number of hydrogen-bond acceptors (Lipinski definition) is 3. The van der Waals surface area contributed by atoms with Gasteiger partial charge in [0.1, 0.15) is 0 Å². The Kier molecular flexibility index (Phi) is 5.04. The zero-order valence-corrected chi connectivity index (χ0v) is 24.5. The van der Waals surface area contributed by atoms with Crippen molar-refractivity contribution in [2.45, 2.75) is 41.0 Å². The van der Waals surface area contributed by atoms with Crippen LogP contribution in [0, 0.1) is 0 Å². The Hall–Kier alpha value is -4.47. The van der Waals surface area contributed by atoms with Crippen LogP contribution in [0.15, 0.2) is 143 Å². The lowest BCUT2D eigenvalue weighted by Gasteiger charge is -2.45. The highest BCUT2D eigenvalue weighted by Gasteiger charge is 2.41. The van der Waals surface area contributed by atoms with Gasteiger partial charge in [-0.05, 0) is 76.3 Å². The maximum absolute atomic E-state index is 2.53. The summed E-state index contributed by atoms with van der Waals surface area (Å²) < 4.78 is 0. The number of fused-ring (bicyclic) bond motifs is 7. The van der Waals surface area contributed by atoms with Gasteiger partial charge in [-0.3, -0.25) is 0 Å². The molecule has 0 N–H and O–H groups in total. The third kappa shape index (κ3) is 3.29. The van der Waals surface area contributed by atoms with Crippen molar-refractivity contribution in [2.24, 2.45) is 0 Å². The normalized spacial score (nSPS) is 20.0. The van der Waals surface area contributed by atoms with E-state index in [0.717, 1.165) is 0 Å². The van der Waals surface area contributed by atoms with Crippen molar-refractivity contribution in [3.63, 3.8) is 0 Å². The van der Waals surface area contributed by atoms with Crippen LogP contribution in [0.2, 0.25) is 0 Å². The van der Waals surface area contributed by atoms with Crippen LogP contribution in [-0.4, -0.2) is 6.04 Å². The predicted molar refractivity (Wildman–Crippen MR) is 176 cm³/mol. The predicted octanol–water partition coefficient (Wildman–Crippen LogP) is 10.7. The molecule has 3 heteroatoms. The Morgan fingerprint density at radius 1 is 0.619 bits per heavy atom. The fourth-order valence-corrected chi connectivity index (χ4v) is 8.65. The Bertz CT molecular complexity index is 1970. The van der Waals surface area contributed by atoms with Crippen LogP contribution in [0.25, 0.3) is 11.1 Å². The van der Waals surface area contributed by atoms with E-state index in [2.05, 4.69) is 157 Å². The monoisotopic (exact) mass is 558 g/mol. The summed E-state index contributed by atoms with van der Waals surface area (Å²) >= 11 is 1.90. The van der Waals surface area contributed by atoms with Gasteiger partial charge >= 0.3 is 0 Å². The van der Waals surface area contributed by atoms with E-state index in [4.69, 9.17) is 0 Å². The second-order valence-electron chi connectivity index (χ2n) is 12.2. The largest absolute Gasteiger partial charge is 0.333 e. The van der Waals surface area contributed by atoms with Gasteiger partial charge in [0.05, 0.1) is 23.1 Å². The molecule has 202 valence electrons. The van der Waals surface area contributed by atoms with Crippen molar-refractivity contribution in [2.75, 3.05) is 9.80 Å². The third-order valence-corrected chi connectivity index (χ3v) is 10.6. The molecular weight excluding hydrogens is 529 g/mol. The molecule has 5 aromatic carbocycles. The van der Waals surface area contributed by atoms with E-state index in [1.54, 1.807) is 0 Å². The van der Waals surface area contributed by atoms with Gasteiger partial charge in [0.2, 0.25) is 0 Å². The van der Waals surface area contributed by atoms with Crippen LogP contribution in [0.3, 0.4) is 0 Å². The molecule has 5 aromatic rings. The van der Waals surface area contributed by atoms with E-state index in [9.17, 15) is 0 Å². The highest BCUT2D eigenvalue weighted by Crippen LogP contribution is 2.61. The van der Waals surface area contributed by atoms with Crippen LogP contribution in [-0.2, 0) is 5.41 Å². The SMILES string of the molecule is CC1(C)c2ccccc2N2c3ccccc3Sc3cc(-c4ccc5c(c4)N(c4ccccc4)C4C=CC=CC54)cc1c32. The molecule has 0 saturated heterocycles. The molecule has 0 spiro atoms. The summed E-state index contributed by atoms with van der Waals surface area (Å²) in [4.78, 5) is 7.65. The second kappa shape index (κ2) is 8.77. The molecule has 0 amide bonds. The number of anilines is 5. The van der Waals surface area contributed by atoms with Gasteiger partial charge in [-0.15, -0.1) is 0 Å². The maximum atomic E-state index is 2.53. The lowest BCUT2D eigenvalue weighted by molar-refractivity contribution is 0.629. The van der Waals surface area contributed by atoms with Gasteiger partial charge < -0.3 is 9.80 Å². The summed E-state index contributed by atoms with van der Waals surface area (Å²) in [7, 11) is 0. The molecule has 2 unspecified atom stereocenters. The molecular formula is C39H30N2S. The van der Waals surface area contributed by atoms with Gasteiger partial charge in [-0.2, -0.15) is 0 Å². The topological polar surface area (TPSA) is 6.48 Å². The lowest BCUT2D eigenvalue weighted by Crippen LogP contribution is -2.32. The van der Waals surface area contributed by atoms with E-state index in [-0.39, 0.29) is 5.41 Å². The number of allylic oxidation sites excluding steroid dienone is 2. The summed E-state index contributed by atoms with van der Waals surface area (Å²) in [5.41, 5.74) is 13.0. The fraction of sp³-hybridized carbons (Fsp3) is 0.128. The fourth-order valence-electron chi connectivity index (χ4n) is 7.52. The molecule has 0 radical (unpaired) electrons. The van der Waals surface area contributed by atoms with Crippen LogP contribution in [0.1, 0.15) is 36.5 Å². The van der Waals surface area contributed by atoms with Crippen LogP contribution < -0.4 is 9.80 Å². The van der Waals surface area contributed by atoms with Crippen molar-refractivity contribution < 1.29 is 0 Å². The van der Waals surface area contributed by atoms with Crippen molar-refractivity contribution in [1.29, 1.82) is 0 Å². The first-order valence-corrected chi connectivity index (χ1v) is 15.6. The van der Waals surface area contributed by atoms with E-state index in [1.807, 2.05) is 11.8 Å². The Balaban J connectivity index is 1.25. The molecule has 4 aliphatic rings. The summed E-state index contributed by atoms with van der Waals surface area (Å²) in [6.07, 6.45) is 9.10. The van der Waals surface area contributed by atoms with Crippen molar-refractivity contribution >= 4 is 40.2 Å². The van der Waals surface area contributed by atoms with Gasteiger partial charge in [0.25, 0.3) is 0 Å². The van der Waals surface area contributed by atoms with E-state index < -0.39 is 0 Å². The standard InChI is InChI=1S/C39H30N2S/c1-39(2)30-15-7-9-17-33(30)41-34-18-10-11-19-36(34)42-37-24-26(22-31(39)38(37)41)25-20-21-29-28-14-6-8-16-32(28)40(35(29)23-25)27-12-4-3-5-13-27/h3-24,28,32H,1-2H3. The molecule has 0 fully saturated rings. The number of benzene rings is 5. The first-order chi connectivity index (χ1) is 20.6. The summed E-state index contributed by atoms with van der Waals surface area (Å²) in [6, 6.07) is 41.0. The minimum absolute atomic E-state index is 0.128. The minimum atomic E-state index is -0.128. The maximum Gasteiger partial charge on any atom is 0.0643 e. The molecule has 0 aromatic heterocycles. The lowest BCUT2D eigenvalue weighted by atomic mass is 9.72. The van der Waals surface area contributed by atoms with Gasteiger partial charge in [-0.1, -0.05) is 111 Å². The molecule has 9 rings (SSSR count). The van der Waals surface area contributed by atoms with Gasteiger partial charge in [0.15, 0.2) is 0 Å². The Morgan fingerprint density at radius 2 is 1.38 bits per heavy atom. The Labute approximate surface area is 251 Å². The van der Waals surface area contributed by atoms with Crippen LogP contribution >= 0.6 is 11.8 Å². The van der Waals surface area contributed by atoms with Crippen LogP contribution in [0.4, 0.5) is 28.4 Å². The van der Waals surface area contributed by atoms with Crippen LogP contribution in [0.5, 0.6) is 0 Å². The zero-order valence-electron chi connectivity index (χ0n) is 23.7. The number of nitrogens with zero attached hydrogens (tertiary/aromatic N) is 2. The van der Waals surface area contributed by atoms with Crippen molar-refractivity contribution in [3.8, 4) is 11.1 Å². The van der Waals surface area contributed by atoms with Crippen molar-refractivity contribution in [3.05, 3.63) is 150 Å². The summed E-state index contributed by atoms with van der Waals surface area (Å²) in [5.74, 6) is 0.361. The minimum Gasteiger partial charge on any atom is -0.333 e. The quantitative estimate of drug-likeness (QED) is 0.209. The third-order valence-electron chi connectivity index (χ3n) is 9.54. The number of para-hydroxylation sites is 3. The number of rotatable bonds is 2. The molecule has 3 aliphatic heterocycles. The summed E-state index contributed by atoms with van der Waals surface area (Å²) in [6.45, 7) is 4.77. The molecule has 2 nitrogen and oxygen atoms in total. The Morgan fingerprint density at radius 3 is 2.26 bits per heavy atom. The molecule has 0 saturated carbocycles. The summed E-state index contributed by atoms with van der Waals surface area (Å²) in [5, 5.41) is 0. The van der Waals surface area contributed by atoms with Crippen molar-refractivity contribution in [1.82, 2.24) is 0 Å². The molecule has 2 atom stereocenters. The highest BCUT2D eigenvalue weighted by atomic mass is 32.2. The average Bonchev–Trinajstić information content (AvgIpc) is 3.37. The van der Waals surface area contributed by atoms with E-state index in [0.29, 0.717) is 12.0 Å². The second-order valence-corrected chi connectivity index (χ2v) is 13.3. The molecule has 0 bridgehead atoms. The molecule has 1 aliphatic carbocycles. The highest BCUT2D eigenvalue weighted by molar-refractivity contribution is 7.99. The first kappa shape index (κ1) is 24.2. The van der Waals surface area contributed by atoms with Gasteiger partial charge in [0, 0.05) is 32.5 Å².